The van der Waals surface area contributed by atoms with E-state index >= 15 is 0 Å². The first kappa shape index (κ1) is 24.0. The summed E-state index contributed by atoms with van der Waals surface area (Å²) >= 11 is 5.82. The average molecular weight is 474 g/mol. The molecule has 1 saturated heterocycles. The van der Waals surface area contributed by atoms with Crippen molar-refractivity contribution in [2.45, 2.75) is 30.6 Å². The maximum Gasteiger partial charge on any atom is 0.228 e. The van der Waals surface area contributed by atoms with E-state index in [4.69, 9.17) is 26.6 Å². The van der Waals surface area contributed by atoms with Crippen LogP contribution < -0.4 is 10.1 Å². The molecule has 1 fully saturated rings. The van der Waals surface area contributed by atoms with Gasteiger partial charge in [-0.3, -0.25) is 0 Å². The largest absolute Gasteiger partial charge is 0.462 e. The van der Waals surface area contributed by atoms with Crippen molar-refractivity contribution in [1.82, 2.24) is 5.32 Å². The Kier molecular flexibility index (Phi) is 7.69. The molecule has 1 heterocycles. The van der Waals surface area contributed by atoms with Gasteiger partial charge in [0.15, 0.2) is 17.5 Å². The van der Waals surface area contributed by atoms with Crippen LogP contribution in [0.4, 0.5) is 13.2 Å². The number of halogens is 4. The minimum atomic E-state index is -1.67. The van der Waals surface area contributed by atoms with Crippen molar-refractivity contribution in [3.8, 4) is 5.75 Å². The molecule has 0 aliphatic carbocycles. The number of nitrogens with one attached hydrogen (secondary N) is 2. The molecule has 8 nitrogen and oxygen atoms in total. The van der Waals surface area contributed by atoms with Crippen molar-refractivity contribution in [3.05, 3.63) is 70.6 Å². The molecule has 3 unspecified atom stereocenters. The molecule has 12 heteroatoms. The van der Waals surface area contributed by atoms with E-state index < -0.39 is 54.7 Å². The fourth-order valence-corrected chi connectivity index (χ4v) is 3.21. The normalized spacial score (nSPS) is 26.0. The fraction of sp³-hybridized carbons (Fsp3) is 0.300. The van der Waals surface area contributed by atoms with Crippen LogP contribution in [-0.2, 0) is 4.74 Å². The average Bonchev–Trinajstić information content (AvgIpc) is 2.77. The quantitative estimate of drug-likeness (QED) is 0.311. The predicted octanol–water partition coefficient (Wildman–Crippen LogP) is 2.56. The third-order valence-electron chi connectivity index (χ3n) is 4.76. The second-order valence-corrected chi connectivity index (χ2v) is 7.30. The van der Waals surface area contributed by atoms with Crippen LogP contribution in [-0.4, -0.2) is 52.6 Å². The van der Waals surface area contributed by atoms with Crippen LogP contribution in [0.5, 0.6) is 5.75 Å². The van der Waals surface area contributed by atoms with E-state index in [2.05, 4.69) is 10.4 Å². The number of nitrogens with zero attached hydrogens (tertiary/aromatic N) is 1. The van der Waals surface area contributed by atoms with Crippen molar-refractivity contribution >= 4 is 17.3 Å². The van der Waals surface area contributed by atoms with E-state index in [9.17, 15) is 28.5 Å². The van der Waals surface area contributed by atoms with Crippen LogP contribution in [0, 0.1) is 23.0 Å². The molecule has 1 aliphatic heterocycles. The highest BCUT2D eigenvalue weighted by atomic mass is 35.5. The molecule has 0 spiro atoms. The van der Waals surface area contributed by atoms with Crippen LogP contribution >= 0.6 is 11.6 Å². The minimum Gasteiger partial charge on any atom is -0.462 e. The molecule has 1 aliphatic rings. The molecule has 0 saturated carbocycles. The Morgan fingerprint density at radius 2 is 1.78 bits per heavy atom. The molecule has 3 rings (SSSR count). The summed E-state index contributed by atoms with van der Waals surface area (Å²) in [5.74, 6) is -4.33. The van der Waals surface area contributed by atoms with E-state index in [0.717, 1.165) is 6.20 Å². The number of aliphatic hydroxyl groups is 3. The molecule has 172 valence electrons. The maximum absolute atomic E-state index is 13.5. The Morgan fingerprint density at radius 1 is 1.16 bits per heavy atom. The van der Waals surface area contributed by atoms with E-state index in [-0.39, 0.29) is 11.3 Å². The third-order valence-corrected chi connectivity index (χ3v) is 5.01. The second-order valence-electron chi connectivity index (χ2n) is 6.87. The first-order valence-corrected chi connectivity index (χ1v) is 9.66. The summed E-state index contributed by atoms with van der Waals surface area (Å²) in [5, 5.41) is 36.8. The zero-order valence-electron chi connectivity index (χ0n) is 16.3. The Morgan fingerprint density at radius 3 is 2.34 bits per heavy atom. The molecule has 0 radical (unpaired) electrons. The van der Waals surface area contributed by atoms with Gasteiger partial charge in [-0.15, -0.1) is 0 Å². The summed E-state index contributed by atoms with van der Waals surface area (Å²) in [6.45, 7) is -0.611. The number of hydrogen-bond donors (Lipinski definition) is 5. The summed E-state index contributed by atoms with van der Waals surface area (Å²) < 4.78 is 51.2. The minimum absolute atomic E-state index is 0.257. The Bertz CT molecular complexity index is 972. The van der Waals surface area contributed by atoms with Gasteiger partial charge in [0, 0.05) is 16.8 Å². The highest BCUT2D eigenvalue weighted by Gasteiger charge is 2.45. The number of hydrogen-bond acceptors (Lipinski definition) is 8. The molecule has 5 N–H and O–H groups in total. The zero-order chi connectivity index (χ0) is 23.4. The summed E-state index contributed by atoms with van der Waals surface area (Å²) in [6.07, 6.45) is -4.40. The number of aliphatic hydroxyl groups excluding tert-OH is 3. The van der Waals surface area contributed by atoms with Gasteiger partial charge < -0.3 is 30.1 Å². The van der Waals surface area contributed by atoms with Gasteiger partial charge in [0.25, 0.3) is 0 Å². The molecule has 0 bridgehead atoms. The molecule has 2 aromatic rings. The van der Waals surface area contributed by atoms with Crippen molar-refractivity contribution in [2.75, 3.05) is 6.61 Å². The topological polar surface area (TPSA) is 127 Å². The van der Waals surface area contributed by atoms with Crippen LogP contribution in [0.25, 0.3) is 5.70 Å². The van der Waals surface area contributed by atoms with Crippen LogP contribution in [0.3, 0.4) is 0 Å². The van der Waals surface area contributed by atoms with Gasteiger partial charge >= 0.3 is 0 Å². The Labute approximate surface area is 185 Å². The van der Waals surface area contributed by atoms with Gasteiger partial charge in [-0.05, 0) is 36.4 Å². The zero-order valence-corrected chi connectivity index (χ0v) is 17.0. The highest BCUT2D eigenvalue weighted by Crippen LogP contribution is 2.26. The lowest BCUT2D eigenvalue weighted by atomic mass is 9.96. The lowest BCUT2D eigenvalue weighted by Gasteiger charge is -2.42. The Balaban J connectivity index is 1.83. The smallest absolute Gasteiger partial charge is 0.228 e. The second kappa shape index (κ2) is 10.3. The first-order valence-electron chi connectivity index (χ1n) is 9.28. The van der Waals surface area contributed by atoms with E-state index in [1.807, 2.05) is 0 Å². The third kappa shape index (κ3) is 5.19. The van der Waals surface area contributed by atoms with E-state index in [1.54, 1.807) is 12.1 Å². The molecule has 5 atom stereocenters. The molecule has 0 aromatic heterocycles. The summed E-state index contributed by atoms with van der Waals surface area (Å²) in [5.41, 5.74) is 6.67. The number of benzene rings is 2. The molecule has 0 amide bonds. The van der Waals surface area contributed by atoms with Crippen LogP contribution in [0.2, 0.25) is 5.02 Å². The van der Waals surface area contributed by atoms with Gasteiger partial charge in [-0.25, -0.2) is 18.7 Å². The van der Waals surface area contributed by atoms with Crippen molar-refractivity contribution in [1.29, 1.82) is 5.53 Å². The number of ether oxygens (including phenoxy) is 2. The van der Waals surface area contributed by atoms with Gasteiger partial charge in [0.05, 0.1) is 12.6 Å². The first-order chi connectivity index (χ1) is 15.2. The van der Waals surface area contributed by atoms with Crippen molar-refractivity contribution in [3.63, 3.8) is 0 Å². The molecular formula is C20H19ClF3N3O5. The van der Waals surface area contributed by atoms with Crippen LogP contribution in [0.1, 0.15) is 5.56 Å². The van der Waals surface area contributed by atoms with Gasteiger partial charge in [-0.1, -0.05) is 11.6 Å². The molecule has 32 heavy (non-hydrogen) atoms. The highest BCUT2D eigenvalue weighted by molar-refractivity contribution is 6.30. The van der Waals surface area contributed by atoms with Crippen molar-refractivity contribution in [2.24, 2.45) is 5.11 Å². The molecule has 2 aromatic carbocycles. The SMILES string of the molecule is N=N/C(=C\NC1C(O)[C@@H](Oc2ccc(Cl)cc2)OC(CO)[C@@H]1O)c1cc(F)c(F)c(F)c1. The van der Waals surface area contributed by atoms with E-state index in [1.165, 1.54) is 12.1 Å². The van der Waals surface area contributed by atoms with Gasteiger partial charge in [-0.2, -0.15) is 5.11 Å². The van der Waals surface area contributed by atoms with E-state index in [0.29, 0.717) is 22.9 Å². The summed E-state index contributed by atoms with van der Waals surface area (Å²) in [4.78, 5) is 0. The lowest BCUT2D eigenvalue weighted by molar-refractivity contribution is -0.250. The standard InChI is InChI=1S/C20H19ClF3N3O5/c21-10-1-3-11(4-2-10)31-20-19(30)17(18(29)15(8-28)32-20)26-7-14(27-25)9-5-12(22)16(24)13(23)6-9/h1-7,15,17-20,25-26,28-30H,8H2/b14-7-,27-25?/t15?,17?,18-,19?,20-/m0/s1. The van der Waals surface area contributed by atoms with Gasteiger partial charge in [0.1, 0.15) is 29.8 Å². The summed E-state index contributed by atoms with van der Waals surface area (Å²) in [7, 11) is 0. The predicted molar refractivity (Wildman–Crippen MR) is 106 cm³/mol. The van der Waals surface area contributed by atoms with Crippen LogP contribution in [0.15, 0.2) is 47.7 Å². The Hall–Kier alpha value is -2.70. The van der Waals surface area contributed by atoms with Gasteiger partial charge in [0.2, 0.25) is 6.29 Å². The maximum atomic E-state index is 13.5. The molecular weight excluding hydrogens is 455 g/mol. The number of rotatable bonds is 7. The monoisotopic (exact) mass is 473 g/mol. The lowest BCUT2D eigenvalue weighted by Crippen LogP contribution is -2.64. The summed E-state index contributed by atoms with van der Waals surface area (Å²) in [6, 6.07) is 6.22. The fourth-order valence-electron chi connectivity index (χ4n) is 3.09. The van der Waals surface area contributed by atoms with Crippen molar-refractivity contribution < 1.29 is 38.0 Å².